The summed E-state index contributed by atoms with van der Waals surface area (Å²) >= 11 is 12.1. The smallest absolute Gasteiger partial charge is 0.266 e. The largest absolute Gasteiger partial charge is 0.484 e. The minimum Gasteiger partial charge on any atom is -0.484 e. The second-order valence-corrected chi connectivity index (χ2v) is 9.22. The van der Waals surface area contributed by atoms with Crippen LogP contribution in [-0.2, 0) is 9.53 Å². The number of rotatable bonds is 10. The Hall–Kier alpha value is -3.39. The first-order valence-corrected chi connectivity index (χ1v) is 12.6. The van der Waals surface area contributed by atoms with Gasteiger partial charge in [-0.2, -0.15) is 0 Å². The quantitative estimate of drug-likeness (QED) is 0.258. The summed E-state index contributed by atoms with van der Waals surface area (Å²) in [6.07, 6.45) is 0.509. The van der Waals surface area contributed by atoms with Gasteiger partial charge in [0.05, 0.1) is 29.2 Å². The fourth-order valence-corrected chi connectivity index (χ4v) is 4.41. The van der Waals surface area contributed by atoms with E-state index in [1.165, 1.54) is 0 Å². The molecule has 1 atom stereocenters. The van der Waals surface area contributed by atoms with Crippen molar-refractivity contribution in [2.45, 2.75) is 19.4 Å². The first-order valence-electron chi connectivity index (χ1n) is 11.9. The van der Waals surface area contributed by atoms with Gasteiger partial charge in [-0.3, -0.25) is 14.2 Å². The molecule has 1 amide bonds. The number of carbonyl (C=O) groups is 1. The molecule has 0 N–H and O–H groups in total. The number of methoxy groups -OCH3 is 1. The Balaban J connectivity index is 1.78. The lowest BCUT2D eigenvalue weighted by molar-refractivity contribution is -0.137. The zero-order valence-electron chi connectivity index (χ0n) is 20.6. The van der Waals surface area contributed by atoms with Crippen molar-refractivity contribution >= 4 is 40.0 Å². The molecule has 9 heteroatoms. The third kappa shape index (κ3) is 6.13. The molecule has 3 aromatic carbocycles. The molecule has 0 saturated carbocycles. The van der Waals surface area contributed by atoms with Crippen LogP contribution >= 0.6 is 23.2 Å². The molecule has 0 saturated heterocycles. The normalized spacial score (nSPS) is 11.9. The Bertz CT molecular complexity index is 1420. The predicted molar refractivity (Wildman–Crippen MR) is 146 cm³/mol. The van der Waals surface area contributed by atoms with Crippen molar-refractivity contribution in [1.82, 2.24) is 14.5 Å². The van der Waals surface area contributed by atoms with Crippen molar-refractivity contribution in [1.29, 1.82) is 0 Å². The van der Waals surface area contributed by atoms with E-state index in [-0.39, 0.29) is 18.1 Å². The number of fused-ring (bicyclic) bond motifs is 1. The number of halogens is 2. The summed E-state index contributed by atoms with van der Waals surface area (Å²) in [7, 11) is 1.58. The number of hydrogen-bond donors (Lipinski definition) is 0. The van der Waals surface area contributed by atoms with Gasteiger partial charge in [0.1, 0.15) is 11.6 Å². The lowest BCUT2D eigenvalue weighted by atomic mass is 10.1. The summed E-state index contributed by atoms with van der Waals surface area (Å²) in [5.74, 6) is 0.716. The van der Waals surface area contributed by atoms with E-state index in [2.05, 4.69) is 0 Å². The molecule has 1 heterocycles. The van der Waals surface area contributed by atoms with Crippen molar-refractivity contribution in [2.24, 2.45) is 0 Å². The molecule has 1 unspecified atom stereocenters. The van der Waals surface area contributed by atoms with Crippen molar-refractivity contribution in [3.63, 3.8) is 0 Å². The molecular formula is C28H27Cl2N3O4. The van der Waals surface area contributed by atoms with Crippen LogP contribution in [0.2, 0.25) is 10.0 Å². The minimum absolute atomic E-state index is 0.194. The molecular weight excluding hydrogens is 513 g/mol. The van der Waals surface area contributed by atoms with E-state index in [9.17, 15) is 9.59 Å². The Kier molecular flexibility index (Phi) is 8.82. The molecule has 0 bridgehead atoms. The monoisotopic (exact) mass is 539 g/mol. The van der Waals surface area contributed by atoms with Crippen molar-refractivity contribution in [3.05, 3.63) is 99.0 Å². The van der Waals surface area contributed by atoms with Crippen molar-refractivity contribution in [2.75, 3.05) is 26.9 Å². The van der Waals surface area contributed by atoms with E-state index in [1.54, 1.807) is 83.3 Å². The number of hydrogen-bond acceptors (Lipinski definition) is 5. The van der Waals surface area contributed by atoms with Gasteiger partial charge in [-0.1, -0.05) is 42.3 Å². The summed E-state index contributed by atoms with van der Waals surface area (Å²) in [6.45, 7) is 2.36. The van der Waals surface area contributed by atoms with E-state index < -0.39 is 6.04 Å². The summed E-state index contributed by atoms with van der Waals surface area (Å²) < 4.78 is 12.6. The lowest BCUT2D eigenvalue weighted by Gasteiger charge is -2.32. The van der Waals surface area contributed by atoms with E-state index in [1.807, 2.05) is 13.0 Å². The number of amides is 1. The SMILES string of the molecule is CCC(c1nc2ccccc2c(=O)n1-c1ccc(Cl)cc1)N(CCOC)C(=O)COc1ccc(Cl)cc1. The highest BCUT2D eigenvalue weighted by molar-refractivity contribution is 6.30. The van der Waals surface area contributed by atoms with Crippen LogP contribution < -0.4 is 10.3 Å². The molecule has 192 valence electrons. The van der Waals surface area contributed by atoms with Crippen LogP contribution in [0.1, 0.15) is 25.2 Å². The predicted octanol–water partition coefficient (Wildman–Crippen LogP) is 5.70. The van der Waals surface area contributed by atoms with E-state index in [0.717, 1.165) is 0 Å². The molecule has 4 rings (SSSR count). The standard InChI is InChI=1S/C28H27Cl2N3O4/c1-3-25(32(16-17-36-2)26(34)18-37-22-14-10-20(30)11-15-22)27-31-24-7-5-4-6-23(24)28(35)33(27)21-12-8-19(29)9-13-21/h4-15,25H,3,16-18H2,1-2H3. The molecule has 7 nitrogen and oxygen atoms in total. The van der Waals surface area contributed by atoms with Crippen LogP contribution in [0.4, 0.5) is 0 Å². The van der Waals surface area contributed by atoms with E-state index in [0.29, 0.717) is 57.8 Å². The van der Waals surface area contributed by atoms with Gasteiger partial charge in [0.2, 0.25) is 0 Å². The van der Waals surface area contributed by atoms with Crippen LogP contribution in [0.15, 0.2) is 77.6 Å². The molecule has 0 aliphatic rings. The molecule has 0 spiro atoms. The molecule has 0 aliphatic heterocycles. The van der Waals surface area contributed by atoms with Gasteiger partial charge in [0.25, 0.3) is 11.5 Å². The van der Waals surface area contributed by atoms with Gasteiger partial charge < -0.3 is 14.4 Å². The van der Waals surface area contributed by atoms with Gasteiger partial charge in [0.15, 0.2) is 6.61 Å². The number of carbonyl (C=O) groups excluding carboxylic acids is 1. The minimum atomic E-state index is -0.524. The molecule has 4 aromatic rings. The topological polar surface area (TPSA) is 73.7 Å². The highest BCUT2D eigenvalue weighted by atomic mass is 35.5. The van der Waals surface area contributed by atoms with Crippen LogP contribution in [0.3, 0.4) is 0 Å². The summed E-state index contributed by atoms with van der Waals surface area (Å²) in [4.78, 5) is 33.8. The van der Waals surface area contributed by atoms with E-state index >= 15 is 0 Å². The van der Waals surface area contributed by atoms with E-state index in [4.69, 9.17) is 37.7 Å². The molecule has 0 aliphatic carbocycles. The van der Waals surface area contributed by atoms with Gasteiger partial charge >= 0.3 is 0 Å². The highest BCUT2D eigenvalue weighted by Gasteiger charge is 2.29. The Morgan fingerprint density at radius 2 is 1.65 bits per heavy atom. The van der Waals surface area contributed by atoms with Gasteiger partial charge in [-0.25, -0.2) is 4.98 Å². The van der Waals surface area contributed by atoms with Crippen molar-refractivity contribution < 1.29 is 14.3 Å². The second kappa shape index (κ2) is 12.2. The van der Waals surface area contributed by atoms with Crippen LogP contribution in [0.25, 0.3) is 16.6 Å². The summed E-state index contributed by atoms with van der Waals surface area (Å²) in [6, 6.07) is 20.4. The average molecular weight is 540 g/mol. The second-order valence-electron chi connectivity index (χ2n) is 8.35. The number of benzene rings is 3. The van der Waals surface area contributed by atoms with Gasteiger partial charge in [-0.05, 0) is 67.1 Å². The Morgan fingerprint density at radius 3 is 2.30 bits per heavy atom. The van der Waals surface area contributed by atoms with Crippen LogP contribution in [-0.4, -0.2) is 47.2 Å². The fraction of sp³-hybridized carbons (Fsp3) is 0.250. The Labute approximate surface area is 225 Å². The Morgan fingerprint density at radius 1 is 1.00 bits per heavy atom. The summed E-state index contributed by atoms with van der Waals surface area (Å²) in [5, 5.41) is 1.61. The maximum absolute atomic E-state index is 13.7. The van der Waals surface area contributed by atoms with Crippen LogP contribution in [0.5, 0.6) is 5.75 Å². The van der Waals surface area contributed by atoms with Gasteiger partial charge in [-0.15, -0.1) is 0 Å². The van der Waals surface area contributed by atoms with Crippen LogP contribution in [0, 0.1) is 0 Å². The fourth-order valence-electron chi connectivity index (χ4n) is 4.16. The average Bonchev–Trinajstić information content (AvgIpc) is 2.91. The summed E-state index contributed by atoms with van der Waals surface area (Å²) in [5.41, 5.74) is 0.943. The van der Waals surface area contributed by atoms with Gasteiger partial charge in [0, 0.05) is 23.7 Å². The molecule has 37 heavy (non-hydrogen) atoms. The first kappa shape index (κ1) is 26.7. The number of para-hydroxylation sites is 1. The molecule has 0 radical (unpaired) electrons. The third-order valence-corrected chi connectivity index (χ3v) is 6.48. The zero-order chi connectivity index (χ0) is 26.4. The number of aromatic nitrogens is 2. The molecule has 1 aromatic heterocycles. The highest BCUT2D eigenvalue weighted by Crippen LogP contribution is 2.27. The zero-order valence-corrected chi connectivity index (χ0v) is 22.1. The maximum atomic E-state index is 13.7. The third-order valence-electron chi connectivity index (χ3n) is 5.98. The first-order chi connectivity index (χ1) is 17.9. The number of ether oxygens (including phenoxy) is 2. The lowest BCUT2D eigenvalue weighted by Crippen LogP contribution is -2.42. The number of nitrogens with zero attached hydrogens (tertiary/aromatic N) is 3. The molecule has 0 fully saturated rings. The maximum Gasteiger partial charge on any atom is 0.266 e. The van der Waals surface area contributed by atoms with Crippen molar-refractivity contribution in [3.8, 4) is 11.4 Å².